The molecule has 2 aliphatic rings. The zero-order valence-corrected chi connectivity index (χ0v) is 12.0. The molecule has 1 aromatic heterocycles. The van der Waals surface area contributed by atoms with Gasteiger partial charge in [0.05, 0.1) is 0 Å². The molecule has 1 aromatic rings. The summed E-state index contributed by atoms with van der Waals surface area (Å²) < 4.78 is 0. The lowest BCUT2D eigenvalue weighted by Crippen LogP contribution is -2.49. The van der Waals surface area contributed by atoms with Gasteiger partial charge >= 0.3 is 0 Å². The van der Waals surface area contributed by atoms with Crippen molar-refractivity contribution in [2.45, 2.75) is 39.3 Å². The Morgan fingerprint density at radius 2 is 2.33 bits per heavy atom. The maximum Gasteiger partial charge on any atom is 0.194 e. The van der Waals surface area contributed by atoms with Gasteiger partial charge in [0.15, 0.2) is 5.96 Å². The van der Waals surface area contributed by atoms with E-state index in [0.717, 1.165) is 25.6 Å². The SMILES string of the molecule is CC1(C)CN=C(N(Cc2ccsc2)C2CC2)NC1. The lowest BCUT2D eigenvalue weighted by Gasteiger charge is -2.34. The van der Waals surface area contributed by atoms with Crippen LogP contribution >= 0.6 is 11.3 Å². The predicted molar refractivity (Wildman–Crippen MR) is 77.0 cm³/mol. The molecule has 0 bridgehead atoms. The van der Waals surface area contributed by atoms with Crippen LogP contribution < -0.4 is 5.32 Å². The van der Waals surface area contributed by atoms with Crippen LogP contribution in [0.3, 0.4) is 0 Å². The van der Waals surface area contributed by atoms with Gasteiger partial charge in [-0.2, -0.15) is 11.3 Å². The summed E-state index contributed by atoms with van der Waals surface area (Å²) in [6.07, 6.45) is 2.63. The Balaban J connectivity index is 1.72. The molecule has 0 spiro atoms. The molecule has 1 saturated carbocycles. The first-order valence-corrected chi connectivity index (χ1v) is 7.64. The number of nitrogens with one attached hydrogen (secondary N) is 1. The van der Waals surface area contributed by atoms with E-state index in [1.807, 2.05) is 0 Å². The van der Waals surface area contributed by atoms with E-state index in [1.54, 1.807) is 11.3 Å². The normalized spacial score (nSPS) is 22.2. The van der Waals surface area contributed by atoms with Gasteiger partial charge < -0.3 is 10.2 Å². The highest BCUT2D eigenvalue weighted by Crippen LogP contribution is 2.30. The van der Waals surface area contributed by atoms with Crippen LogP contribution in [-0.2, 0) is 6.54 Å². The number of hydrogen-bond donors (Lipinski definition) is 1. The van der Waals surface area contributed by atoms with E-state index < -0.39 is 0 Å². The van der Waals surface area contributed by atoms with Crippen LogP contribution in [0, 0.1) is 5.41 Å². The molecule has 0 aromatic carbocycles. The highest BCUT2D eigenvalue weighted by atomic mass is 32.1. The number of nitrogens with zero attached hydrogens (tertiary/aromatic N) is 2. The Bertz CT molecular complexity index is 432. The van der Waals surface area contributed by atoms with Crippen molar-refractivity contribution in [3.63, 3.8) is 0 Å². The maximum absolute atomic E-state index is 4.76. The second kappa shape index (κ2) is 4.57. The summed E-state index contributed by atoms with van der Waals surface area (Å²) >= 11 is 1.77. The molecule has 3 nitrogen and oxygen atoms in total. The molecule has 0 radical (unpaired) electrons. The number of aliphatic imine (C=N–C) groups is 1. The lowest BCUT2D eigenvalue weighted by molar-refractivity contribution is 0.318. The lowest BCUT2D eigenvalue weighted by atomic mass is 9.93. The van der Waals surface area contributed by atoms with Crippen molar-refractivity contribution in [1.29, 1.82) is 0 Å². The van der Waals surface area contributed by atoms with Gasteiger partial charge in [-0.05, 0) is 35.2 Å². The van der Waals surface area contributed by atoms with Crippen molar-refractivity contribution in [2.24, 2.45) is 10.4 Å². The summed E-state index contributed by atoms with van der Waals surface area (Å²) in [7, 11) is 0. The second-order valence-electron chi connectivity index (χ2n) is 6.15. The van der Waals surface area contributed by atoms with E-state index >= 15 is 0 Å². The predicted octanol–water partition coefficient (Wildman–Crippen LogP) is 2.70. The highest BCUT2D eigenvalue weighted by Gasteiger charge is 2.33. The zero-order chi connectivity index (χ0) is 12.6. The zero-order valence-electron chi connectivity index (χ0n) is 11.1. The summed E-state index contributed by atoms with van der Waals surface area (Å²) in [5.74, 6) is 1.11. The Kier molecular flexibility index (Phi) is 3.06. The summed E-state index contributed by atoms with van der Waals surface area (Å²) in [4.78, 5) is 7.21. The van der Waals surface area contributed by atoms with Crippen LogP contribution in [0.4, 0.5) is 0 Å². The molecular weight excluding hydrogens is 242 g/mol. The van der Waals surface area contributed by atoms with E-state index in [2.05, 4.69) is 40.9 Å². The van der Waals surface area contributed by atoms with E-state index in [0.29, 0.717) is 11.5 Å². The summed E-state index contributed by atoms with van der Waals surface area (Å²) in [6, 6.07) is 2.92. The molecule has 3 rings (SSSR count). The molecule has 1 aliphatic heterocycles. The third-order valence-corrected chi connectivity index (χ3v) is 4.31. The number of rotatable bonds is 3. The van der Waals surface area contributed by atoms with Crippen LogP contribution in [0.1, 0.15) is 32.3 Å². The maximum atomic E-state index is 4.76. The van der Waals surface area contributed by atoms with Crippen molar-refractivity contribution in [2.75, 3.05) is 13.1 Å². The number of hydrogen-bond acceptors (Lipinski definition) is 4. The Morgan fingerprint density at radius 1 is 1.50 bits per heavy atom. The van der Waals surface area contributed by atoms with Gasteiger partial charge in [-0.15, -0.1) is 0 Å². The Morgan fingerprint density at radius 3 is 2.89 bits per heavy atom. The number of guanidine groups is 1. The average Bonchev–Trinajstić information content (AvgIpc) is 3.05. The third kappa shape index (κ3) is 2.69. The fourth-order valence-electron chi connectivity index (χ4n) is 2.25. The monoisotopic (exact) mass is 263 g/mol. The molecule has 4 heteroatoms. The minimum absolute atomic E-state index is 0.293. The van der Waals surface area contributed by atoms with Crippen LogP contribution in [0.25, 0.3) is 0 Å². The summed E-state index contributed by atoms with van der Waals surface area (Å²) in [6.45, 7) is 7.49. The van der Waals surface area contributed by atoms with Crippen LogP contribution in [0.15, 0.2) is 21.8 Å². The first kappa shape index (κ1) is 12.0. The van der Waals surface area contributed by atoms with Gasteiger partial charge in [0.1, 0.15) is 0 Å². The summed E-state index contributed by atoms with van der Waals surface area (Å²) in [5.41, 5.74) is 1.70. The second-order valence-corrected chi connectivity index (χ2v) is 6.93. The Labute approximate surface area is 113 Å². The fraction of sp³-hybridized carbons (Fsp3) is 0.643. The van der Waals surface area contributed by atoms with E-state index in [9.17, 15) is 0 Å². The standard InChI is InChI=1S/C14H21N3S/c1-14(2)9-15-13(16-10-14)17(12-3-4-12)7-11-5-6-18-8-11/h5-6,8,12H,3-4,7,9-10H2,1-2H3,(H,15,16). The smallest absolute Gasteiger partial charge is 0.194 e. The van der Waals surface area contributed by atoms with E-state index in [4.69, 9.17) is 4.99 Å². The summed E-state index contributed by atoms with van der Waals surface area (Å²) in [5, 5.41) is 7.91. The van der Waals surface area contributed by atoms with Crippen molar-refractivity contribution in [1.82, 2.24) is 10.2 Å². The molecule has 98 valence electrons. The van der Waals surface area contributed by atoms with Gasteiger partial charge in [0, 0.05) is 31.1 Å². The molecule has 2 heterocycles. The number of thiophene rings is 1. The minimum atomic E-state index is 0.293. The molecule has 0 atom stereocenters. The van der Waals surface area contributed by atoms with Gasteiger partial charge in [-0.1, -0.05) is 13.8 Å². The molecule has 0 saturated heterocycles. The van der Waals surface area contributed by atoms with Crippen LogP contribution in [-0.4, -0.2) is 30.0 Å². The van der Waals surface area contributed by atoms with Crippen LogP contribution in [0.2, 0.25) is 0 Å². The van der Waals surface area contributed by atoms with Crippen molar-refractivity contribution in [3.8, 4) is 0 Å². The fourth-order valence-corrected chi connectivity index (χ4v) is 2.91. The largest absolute Gasteiger partial charge is 0.356 e. The third-order valence-electron chi connectivity index (χ3n) is 3.57. The van der Waals surface area contributed by atoms with Crippen molar-refractivity contribution in [3.05, 3.63) is 22.4 Å². The molecule has 18 heavy (non-hydrogen) atoms. The molecular formula is C14H21N3S. The molecule has 1 N–H and O–H groups in total. The van der Waals surface area contributed by atoms with Gasteiger partial charge in [0.2, 0.25) is 0 Å². The topological polar surface area (TPSA) is 27.6 Å². The molecule has 0 amide bonds. The van der Waals surface area contributed by atoms with Gasteiger partial charge in [0.25, 0.3) is 0 Å². The van der Waals surface area contributed by atoms with Crippen molar-refractivity contribution >= 4 is 17.3 Å². The minimum Gasteiger partial charge on any atom is -0.356 e. The first-order valence-electron chi connectivity index (χ1n) is 6.70. The quantitative estimate of drug-likeness (QED) is 0.908. The van der Waals surface area contributed by atoms with Crippen LogP contribution in [0.5, 0.6) is 0 Å². The van der Waals surface area contributed by atoms with E-state index in [1.165, 1.54) is 18.4 Å². The Hall–Kier alpha value is -1.03. The first-order chi connectivity index (χ1) is 8.64. The van der Waals surface area contributed by atoms with Gasteiger partial charge in [-0.25, -0.2) is 0 Å². The van der Waals surface area contributed by atoms with Gasteiger partial charge in [-0.3, -0.25) is 4.99 Å². The van der Waals surface area contributed by atoms with Crippen molar-refractivity contribution < 1.29 is 0 Å². The highest BCUT2D eigenvalue weighted by molar-refractivity contribution is 7.07. The average molecular weight is 263 g/mol. The molecule has 1 fully saturated rings. The molecule has 0 unspecified atom stereocenters. The van der Waals surface area contributed by atoms with E-state index in [-0.39, 0.29) is 0 Å². The molecule has 1 aliphatic carbocycles.